The molecule has 0 spiro atoms. The topological polar surface area (TPSA) is 119 Å². The molecule has 0 unspecified atom stereocenters. The van der Waals surface area contributed by atoms with Crippen LogP contribution in [-0.4, -0.2) is 43.3 Å². The molecule has 32 heavy (non-hydrogen) atoms. The maximum absolute atomic E-state index is 13.2. The highest BCUT2D eigenvalue weighted by atomic mass is 32.2. The molecule has 0 aliphatic rings. The molecule has 1 amide bonds. The van der Waals surface area contributed by atoms with Gasteiger partial charge in [-0.05, 0) is 64.4 Å². The van der Waals surface area contributed by atoms with Crippen LogP contribution in [0.3, 0.4) is 0 Å². The molecule has 0 radical (unpaired) electrons. The van der Waals surface area contributed by atoms with Crippen molar-refractivity contribution in [2.24, 2.45) is 0 Å². The average Bonchev–Trinajstić information content (AvgIpc) is 2.67. The average molecular weight is 464 g/mol. The van der Waals surface area contributed by atoms with Crippen LogP contribution in [0.25, 0.3) is 0 Å². The molecule has 0 saturated carbocycles. The standard InChI is InChI=1S/C23H29NO7S/c1-15(2)30-21(26)19(24-22(27)31-23(3,4)5)13-16-11-12-17(25)14-20(16)32(28,29)18-9-7-6-8-10-18/h6-12,14-15,19,25H,13H2,1-5H3,(H,24,27)/t19-/m0/s1. The minimum Gasteiger partial charge on any atom is -0.508 e. The van der Waals surface area contributed by atoms with Crippen molar-refractivity contribution in [1.82, 2.24) is 5.32 Å². The molecule has 0 saturated heterocycles. The van der Waals surface area contributed by atoms with E-state index in [1.54, 1.807) is 52.8 Å². The van der Waals surface area contributed by atoms with Crippen LogP contribution < -0.4 is 5.32 Å². The summed E-state index contributed by atoms with van der Waals surface area (Å²) in [4.78, 5) is 24.8. The molecule has 2 N–H and O–H groups in total. The van der Waals surface area contributed by atoms with Gasteiger partial charge in [-0.1, -0.05) is 24.3 Å². The van der Waals surface area contributed by atoms with E-state index in [0.29, 0.717) is 0 Å². The molecule has 0 bridgehead atoms. The normalized spacial score (nSPS) is 12.8. The Labute approximate surface area is 188 Å². The van der Waals surface area contributed by atoms with Crippen LogP contribution in [0.15, 0.2) is 58.3 Å². The summed E-state index contributed by atoms with van der Waals surface area (Å²) in [6, 6.07) is 10.4. The Morgan fingerprint density at radius 2 is 1.69 bits per heavy atom. The van der Waals surface area contributed by atoms with Crippen molar-refractivity contribution < 1.29 is 32.6 Å². The molecule has 2 aromatic carbocycles. The molecule has 0 aromatic heterocycles. The number of phenolic OH excluding ortho intramolecular Hbond substituents is 1. The Morgan fingerprint density at radius 3 is 2.25 bits per heavy atom. The van der Waals surface area contributed by atoms with Crippen molar-refractivity contribution >= 4 is 21.9 Å². The molecular formula is C23H29NO7S. The van der Waals surface area contributed by atoms with Crippen LogP contribution in [0, 0.1) is 0 Å². The smallest absolute Gasteiger partial charge is 0.408 e. The highest BCUT2D eigenvalue weighted by molar-refractivity contribution is 7.91. The van der Waals surface area contributed by atoms with E-state index < -0.39 is 39.6 Å². The van der Waals surface area contributed by atoms with Gasteiger partial charge in [-0.25, -0.2) is 18.0 Å². The number of ether oxygens (including phenoxy) is 2. The summed E-state index contributed by atoms with van der Waals surface area (Å²) in [5.74, 6) is -0.980. The van der Waals surface area contributed by atoms with E-state index in [1.165, 1.54) is 24.3 Å². The lowest BCUT2D eigenvalue weighted by molar-refractivity contribution is -0.150. The van der Waals surface area contributed by atoms with Crippen LogP contribution in [0.2, 0.25) is 0 Å². The largest absolute Gasteiger partial charge is 0.508 e. The number of rotatable bonds is 7. The summed E-state index contributed by atoms with van der Waals surface area (Å²) in [6.07, 6.45) is -1.47. The van der Waals surface area contributed by atoms with E-state index in [4.69, 9.17) is 9.47 Å². The molecule has 9 heteroatoms. The number of sulfone groups is 1. The zero-order valence-corrected chi connectivity index (χ0v) is 19.6. The van der Waals surface area contributed by atoms with Crippen LogP contribution in [0.4, 0.5) is 4.79 Å². The predicted molar refractivity (Wildman–Crippen MR) is 118 cm³/mol. The third-order valence-electron chi connectivity index (χ3n) is 4.15. The van der Waals surface area contributed by atoms with E-state index in [2.05, 4.69) is 5.32 Å². The Balaban J connectivity index is 2.45. The number of phenols is 1. The fourth-order valence-corrected chi connectivity index (χ4v) is 4.41. The Bertz CT molecular complexity index is 1060. The van der Waals surface area contributed by atoms with Gasteiger partial charge in [0.1, 0.15) is 17.4 Å². The lowest BCUT2D eigenvalue weighted by Gasteiger charge is -2.24. The zero-order valence-electron chi connectivity index (χ0n) is 18.8. The number of hydrogen-bond donors (Lipinski definition) is 2. The molecule has 8 nitrogen and oxygen atoms in total. The Kier molecular flexibility index (Phi) is 7.90. The molecule has 174 valence electrons. The summed E-state index contributed by atoms with van der Waals surface area (Å²) in [5.41, 5.74) is -0.565. The summed E-state index contributed by atoms with van der Waals surface area (Å²) in [5, 5.41) is 12.4. The van der Waals surface area contributed by atoms with Gasteiger partial charge in [-0.2, -0.15) is 0 Å². The van der Waals surface area contributed by atoms with Gasteiger partial charge < -0.3 is 19.9 Å². The first kappa shape index (κ1) is 25.2. The van der Waals surface area contributed by atoms with Gasteiger partial charge in [0.15, 0.2) is 0 Å². The fraction of sp³-hybridized carbons (Fsp3) is 0.391. The maximum Gasteiger partial charge on any atom is 0.408 e. The van der Waals surface area contributed by atoms with E-state index in [-0.39, 0.29) is 27.5 Å². The number of nitrogens with one attached hydrogen (secondary N) is 1. The van der Waals surface area contributed by atoms with Crippen molar-refractivity contribution in [1.29, 1.82) is 0 Å². The second kappa shape index (κ2) is 10.0. The van der Waals surface area contributed by atoms with Crippen LogP contribution in [0.1, 0.15) is 40.2 Å². The highest BCUT2D eigenvalue weighted by Gasteiger charge is 2.30. The molecule has 1 atom stereocenters. The van der Waals surface area contributed by atoms with Crippen molar-refractivity contribution in [2.45, 2.75) is 68.6 Å². The number of esters is 1. The minimum absolute atomic E-state index is 0.0354. The van der Waals surface area contributed by atoms with Gasteiger partial charge in [0.2, 0.25) is 9.84 Å². The van der Waals surface area contributed by atoms with Crippen molar-refractivity contribution in [3.63, 3.8) is 0 Å². The van der Waals surface area contributed by atoms with Crippen molar-refractivity contribution in [2.75, 3.05) is 0 Å². The number of alkyl carbamates (subject to hydrolysis) is 1. The number of carbonyl (C=O) groups excluding carboxylic acids is 2. The summed E-state index contributed by atoms with van der Waals surface area (Å²) < 4.78 is 36.9. The van der Waals surface area contributed by atoms with Crippen molar-refractivity contribution in [3.8, 4) is 5.75 Å². The van der Waals surface area contributed by atoms with E-state index in [0.717, 1.165) is 6.07 Å². The first-order valence-electron chi connectivity index (χ1n) is 10.1. The highest BCUT2D eigenvalue weighted by Crippen LogP contribution is 2.28. The molecular weight excluding hydrogens is 434 g/mol. The summed E-state index contributed by atoms with van der Waals surface area (Å²) in [6.45, 7) is 8.36. The molecule has 0 fully saturated rings. The van der Waals surface area contributed by atoms with Gasteiger partial charge in [-0.15, -0.1) is 0 Å². The number of hydrogen-bond acceptors (Lipinski definition) is 7. The molecule has 0 aliphatic carbocycles. The second-order valence-electron chi connectivity index (χ2n) is 8.50. The SMILES string of the molecule is CC(C)OC(=O)[C@H](Cc1ccc(O)cc1S(=O)(=O)c1ccccc1)NC(=O)OC(C)(C)C. The van der Waals surface area contributed by atoms with Crippen LogP contribution in [-0.2, 0) is 30.5 Å². The predicted octanol–water partition coefficient (Wildman–Crippen LogP) is 3.61. The van der Waals surface area contributed by atoms with Gasteiger partial charge in [0.25, 0.3) is 0 Å². The number of amides is 1. The monoisotopic (exact) mass is 463 g/mol. The van der Waals surface area contributed by atoms with E-state index in [9.17, 15) is 23.1 Å². The summed E-state index contributed by atoms with van der Waals surface area (Å²) >= 11 is 0. The third-order valence-corrected chi connectivity index (χ3v) is 6.00. The quantitative estimate of drug-likeness (QED) is 0.602. The second-order valence-corrected chi connectivity index (χ2v) is 10.4. The molecule has 2 rings (SSSR count). The van der Waals surface area contributed by atoms with Crippen LogP contribution in [0.5, 0.6) is 5.75 Å². The molecule has 2 aromatic rings. The Hall–Kier alpha value is -3.07. The van der Waals surface area contributed by atoms with Gasteiger partial charge in [0.05, 0.1) is 15.9 Å². The lowest BCUT2D eigenvalue weighted by Crippen LogP contribution is -2.46. The number of benzene rings is 2. The van der Waals surface area contributed by atoms with E-state index in [1.807, 2.05) is 0 Å². The van der Waals surface area contributed by atoms with Gasteiger partial charge >= 0.3 is 12.1 Å². The van der Waals surface area contributed by atoms with Gasteiger partial charge in [-0.3, -0.25) is 0 Å². The Morgan fingerprint density at radius 1 is 1.06 bits per heavy atom. The first-order chi connectivity index (χ1) is 14.8. The third kappa shape index (κ3) is 6.98. The lowest BCUT2D eigenvalue weighted by atomic mass is 10.1. The van der Waals surface area contributed by atoms with Crippen LogP contribution >= 0.6 is 0 Å². The van der Waals surface area contributed by atoms with Crippen molar-refractivity contribution in [3.05, 3.63) is 54.1 Å². The maximum atomic E-state index is 13.2. The number of aromatic hydroxyl groups is 1. The zero-order chi connectivity index (χ0) is 24.1. The first-order valence-corrected chi connectivity index (χ1v) is 11.6. The summed E-state index contributed by atoms with van der Waals surface area (Å²) in [7, 11) is -4.00. The van der Waals surface area contributed by atoms with E-state index >= 15 is 0 Å². The molecule has 0 heterocycles. The van der Waals surface area contributed by atoms with Gasteiger partial charge in [0, 0.05) is 6.42 Å². The fourth-order valence-electron chi connectivity index (χ4n) is 2.87. The minimum atomic E-state index is -4.00. The molecule has 0 aliphatic heterocycles. The number of carbonyl (C=O) groups is 2.